The van der Waals surface area contributed by atoms with E-state index in [4.69, 9.17) is 4.74 Å². The summed E-state index contributed by atoms with van der Waals surface area (Å²) < 4.78 is 5.73. The molecule has 4 heteroatoms. The van der Waals surface area contributed by atoms with Crippen molar-refractivity contribution in [2.45, 2.75) is 19.8 Å². The van der Waals surface area contributed by atoms with Crippen molar-refractivity contribution in [3.05, 3.63) is 0 Å². The molecule has 0 bridgehead atoms. The molecule has 0 rings (SSSR count). The lowest BCUT2D eigenvalue weighted by molar-refractivity contribution is -0.870. The average Bonchev–Trinajstić information content (AvgIpc) is 1.95. The number of hydrogen-bond donors (Lipinski definition) is 0. The molecular formula is C10H20NO3+. The minimum Gasteiger partial charge on any atom is -0.465 e. The Morgan fingerprint density at radius 3 is 2.21 bits per heavy atom. The van der Waals surface area contributed by atoms with Gasteiger partial charge in [-0.3, -0.25) is 9.59 Å². The van der Waals surface area contributed by atoms with E-state index in [1.807, 2.05) is 0 Å². The van der Waals surface area contributed by atoms with Gasteiger partial charge in [-0.05, 0) is 6.92 Å². The highest BCUT2D eigenvalue weighted by molar-refractivity contribution is 5.94. The van der Waals surface area contributed by atoms with Crippen LogP contribution in [0.25, 0.3) is 0 Å². The number of nitrogens with zero attached hydrogens (tertiary/aromatic N) is 1. The maximum atomic E-state index is 10.9. The zero-order valence-electron chi connectivity index (χ0n) is 9.50. The molecule has 0 aromatic carbocycles. The van der Waals surface area contributed by atoms with Crippen molar-refractivity contribution in [3.63, 3.8) is 0 Å². The lowest BCUT2D eigenvalue weighted by atomic mass is 10.3. The Labute approximate surface area is 85.4 Å². The summed E-state index contributed by atoms with van der Waals surface area (Å²) >= 11 is 0. The summed E-state index contributed by atoms with van der Waals surface area (Å²) in [6.45, 7) is 2.74. The normalized spacial score (nSPS) is 11.1. The third-order valence-electron chi connectivity index (χ3n) is 1.63. The van der Waals surface area contributed by atoms with Crippen molar-refractivity contribution in [2.24, 2.45) is 0 Å². The number of carbonyl (C=O) groups is 2. The van der Waals surface area contributed by atoms with E-state index in [0.717, 1.165) is 17.4 Å². The Morgan fingerprint density at radius 1 is 1.21 bits per heavy atom. The quantitative estimate of drug-likeness (QED) is 0.274. The van der Waals surface area contributed by atoms with Gasteiger partial charge < -0.3 is 9.22 Å². The number of Topliss-reactive ketones (excluding diaryl/α,β-unsaturated/α-hetero) is 1. The summed E-state index contributed by atoms with van der Waals surface area (Å²) in [5.41, 5.74) is 0. The smallest absolute Gasteiger partial charge is 0.313 e. The second-order valence-corrected chi connectivity index (χ2v) is 4.47. The molecule has 4 nitrogen and oxygen atoms in total. The zero-order valence-corrected chi connectivity index (χ0v) is 9.50. The molecule has 0 radical (unpaired) electrons. The first-order valence-corrected chi connectivity index (χ1v) is 4.77. The topological polar surface area (TPSA) is 43.4 Å². The third kappa shape index (κ3) is 9.19. The van der Waals surface area contributed by atoms with Gasteiger partial charge >= 0.3 is 5.97 Å². The van der Waals surface area contributed by atoms with Crippen LogP contribution in [0.1, 0.15) is 19.8 Å². The second-order valence-electron chi connectivity index (χ2n) is 4.47. The summed E-state index contributed by atoms with van der Waals surface area (Å²) in [5, 5.41) is 0. The van der Waals surface area contributed by atoms with E-state index in [1.165, 1.54) is 6.92 Å². The lowest BCUT2D eigenvalue weighted by Crippen LogP contribution is -2.35. The van der Waals surface area contributed by atoms with Crippen LogP contribution in [0, 0.1) is 0 Å². The van der Waals surface area contributed by atoms with Crippen LogP contribution in [0.4, 0.5) is 0 Å². The van der Waals surface area contributed by atoms with Gasteiger partial charge in [0.05, 0.1) is 34.3 Å². The molecule has 0 heterocycles. The summed E-state index contributed by atoms with van der Waals surface area (Å²) in [4.78, 5) is 21.5. The van der Waals surface area contributed by atoms with Gasteiger partial charge in [-0.15, -0.1) is 0 Å². The van der Waals surface area contributed by atoms with E-state index in [0.29, 0.717) is 6.61 Å². The first-order valence-electron chi connectivity index (χ1n) is 4.77. The Morgan fingerprint density at radius 2 is 1.79 bits per heavy atom. The maximum absolute atomic E-state index is 10.9. The van der Waals surface area contributed by atoms with Crippen LogP contribution >= 0.6 is 0 Å². The van der Waals surface area contributed by atoms with Crippen LogP contribution < -0.4 is 0 Å². The van der Waals surface area contributed by atoms with Crippen molar-refractivity contribution in [3.8, 4) is 0 Å². The molecule has 0 amide bonds. The van der Waals surface area contributed by atoms with E-state index in [-0.39, 0.29) is 12.2 Å². The van der Waals surface area contributed by atoms with Crippen LogP contribution in [0.3, 0.4) is 0 Å². The molecule has 0 aliphatic heterocycles. The van der Waals surface area contributed by atoms with E-state index < -0.39 is 5.97 Å². The van der Waals surface area contributed by atoms with Crippen LogP contribution in [0.2, 0.25) is 0 Å². The number of rotatable bonds is 6. The standard InChI is InChI=1S/C10H20NO3/c1-9(12)8-10(13)14-7-5-6-11(2,3)4/h5-8H2,1-4H3/q+1. The van der Waals surface area contributed by atoms with Gasteiger partial charge in [0.2, 0.25) is 0 Å². The van der Waals surface area contributed by atoms with Crippen molar-refractivity contribution in [1.29, 1.82) is 0 Å². The number of hydrogen-bond acceptors (Lipinski definition) is 3. The Kier molecular flexibility index (Phi) is 5.38. The molecule has 0 fully saturated rings. The fourth-order valence-electron chi connectivity index (χ4n) is 0.979. The van der Waals surface area contributed by atoms with Gasteiger partial charge in [0, 0.05) is 6.42 Å². The summed E-state index contributed by atoms with van der Waals surface area (Å²) in [5.74, 6) is -0.569. The van der Waals surface area contributed by atoms with Crippen molar-refractivity contribution in [2.75, 3.05) is 34.3 Å². The van der Waals surface area contributed by atoms with Gasteiger partial charge in [-0.25, -0.2) is 0 Å². The first kappa shape index (κ1) is 13.1. The van der Waals surface area contributed by atoms with Gasteiger partial charge in [-0.2, -0.15) is 0 Å². The number of quaternary nitrogens is 1. The fourth-order valence-corrected chi connectivity index (χ4v) is 0.979. The molecule has 0 atom stereocenters. The molecule has 0 saturated heterocycles. The molecule has 0 aromatic rings. The number of carbonyl (C=O) groups excluding carboxylic acids is 2. The largest absolute Gasteiger partial charge is 0.465 e. The minimum absolute atomic E-state index is 0.107. The van der Waals surface area contributed by atoms with Gasteiger partial charge in [-0.1, -0.05) is 0 Å². The van der Waals surface area contributed by atoms with E-state index in [2.05, 4.69) is 21.1 Å². The molecular weight excluding hydrogens is 182 g/mol. The Balaban J connectivity index is 3.46. The van der Waals surface area contributed by atoms with Crippen molar-refractivity contribution < 1.29 is 18.8 Å². The van der Waals surface area contributed by atoms with Crippen LogP contribution in [0.15, 0.2) is 0 Å². The minimum atomic E-state index is -0.418. The molecule has 0 aliphatic carbocycles. The molecule has 82 valence electrons. The summed E-state index contributed by atoms with van der Waals surface area (Å²) in [6.07, 6.45) is 0.720. The van der Waals surface area contributed by atoms with Gasteiger partial charge in [0.1, 0.15) is 12.2 Å². The lowest BCUT2D eigenvalue weighted by Gasteiger charge is -2.23. The second kappa shape index (κ2) is 5.75. The van der Waals surface area contributed by atoms with Crippen molar-refractivity contribution in [1.82, 2.24) is 0 Å². The zero-order chi connectivity index (χ0) is 11.2. The first-order chi connectivity index (χ1) is 6.31. The van der Waals surface area contributed by atoms with Gasteiger partial charge in [0.15, 0.2) is 0 Å². The molecule has 0 saturated carbocycles. The highest BCUT2D eigenvalue weighted by Gasteiger charge is 2.09. The highest BCUT2D eigenvalue weighted by Crippen LogP contribution is 1.95. The predicted octanol–water partition coefficient (Wildman–Crippen LogP) is 0.605. The van der Waals surface area contributed by atoms with E-state index in [9.17, 15) is 9.59 Å². The SMILES string of the molecule is CC(=O)CC(=O)OCCC[N+](C)(C)C. The molecule has 0 N–H and O–H groups in total. The van der Waals surface area contributed by atoms with Crippen LogP contribution in [0.5, 0.6) is 0 Å². The number of ether oxygens (including phenoxy) is 1. The molecule has 0 aromatic heterocycles. The number of ketones is 1. The van der Waals surface area contributed by atoms with Crippen LogP contribution in [-0.4, -0.2) is 50.5 Å². The monoisotopic (exact) mass is 202 g/mol. The predicted molar refractivity (Wildman–Crippen MR) is 53.8 cm³/mol. The maximum Gasteiger partial charge on any atom is 0.313 e. The van der Waals surface area contributed by atoms with E-state index >= 15 is 0 Å². The summed E-state index contributed by atoms with van der Waals surface area (Å²) in [6, 6.07) is 0. The average molecular weight is 202 g/mol. The van der Waals surface area contributed by atoms with E-state index in [1.54, 1.807) is 0 Å². The Bertz CT molecular complexity index is 206. The third-order valence-corrected chi connectivity index (χ3v) is 1.63. The molecule has 0 unspecified atom stereocenters. The molecule has 0 aliphatic rings. The molecule has 14 heavy (non-hydrogen) atoms. The number of esters is 1. The highest BCUT2D eigenvalue weighted by atomic mass is 16.5. The van der Waals surface area contributed by atoms with Crippen molar-refractivity contribution >= 4 is 11.8 Å². The Hall–Kier alpha value is -0.900. The molecule has 0 spiro atoms. The summed E-state index contributed by atoms with van der Waals surface area (Å²) in [7, 11) is 6.24. The van der Waals surface area contributed by atoms with Gasteiger partial charge in [0.25, 0.3) is 0 Å². The fraction of sp³-hybridized carbons (Fsp3) is 0.800. The van der Waals surface area contributed by atoms with Crippen LogP contribution in [-0.2, 0) is 14.3 Å².